The van der Waals surface area contributed by atoms with E-state index in [1.165, 1.54) is 4.90 Å². The zero-order valence-corrected chi connectivity index (χ0v) is 25.4. The molecule has 9 heteroatoms. The fraction of sp³-hybridized carbons (Fsp3) is 0.333. The second kappa shape index (κ2) is 12.8. The predicted octanol–water partition coefficient (Wildman–Crippen LogP) is 5.08. The van der Waals surface area contributed by atoms with Crippen LogP contribution in [0.3, 0.4) is 0 Å². The Labute approximate surface area is 240 Å². The smallest absolute Gasteiger partial charge is 0.244 e. The van der Waals surface area contributed by atoms with Crippen LogP contribution in [0, 0.1) is 6.92 Å². The molecule has 208 valence electrons. The average molecular weight is 615 g/mol. The summed E-state index contributed by atoms with van der Waals surface area (Å²) >= 11 is 3.44. The molecule has 1 N–H and O–H groups in total. The van der Waals surface area contributed by atoms with E-state index >= 15 is 0 Å². The van der Waals surface area contributed by atoms with E-state index in [1.54, 1.807) is 25.1 Å². The van der Waals surface area contributed by atoms with Crippen LogP contribution in [-0.2, 0) is 32.6 Å². The third kappa shape index (κ3) is 8.93. The zero-order chi connectivity index (χ0) is 28.8. The molecule has 0 radical (unpaired) electrons. The summed E-state index contributed by atoms with van der Waals surface area (Å²) in [5, 5.41) is 3.02. The molecule has 3 aromatic carbocycles. The van der Waals surface area contributed by atoms with E-state index in [2.05, 4.69) is 21.2 Å². The van der Waals surface area contributed by atoms with Gasteiger partial charge in [-0.2, -0.15) is 0 Å². The van der Waals surface area contributed by atoms with Crippen molar-refractivity contribution in [1.29, 1.82) is 0 Å². The lowest BCUT2D eigenvalue weighted by Gasteiger charge is -2.35. The number of benzene rings is 3. The molecule has 0 unspecified atom stereocenters. The van der Waals surface area contributed by atoms with Gasteiger partial charge >= 0.3 is 0 Å². The largest absolute Gasteiger partial charge is 0.350 e. The molecule has 3 aromatic rings. The fourth-order valence-corrected chi connectivity index (χ4v) is 5.40. The number of rotatable bonds is 10. The Morgan fingerprint density at radius 2 is 1.49 bits per heavy atom. The van der Waals surface area contributed by atoms with E-state index in [0.29, 0.717) is 5.69 Å². The lowest BCUT2D eigenvalue weighted by molar-refractivity contribution is -0.140. The lowest BCUT2D eigenvalue weighted by Crippen LogP contribution is -2.56. The first-order valence-corrected chi connectivity index (χ1v) is 15.3. The first kappa shape index (κ1) is 30.4. The monoisotopic (exact) mass is 613 g/mol. The van der Waals surface area contributed by atoms with Crippen LogP contribution in [0.2, 0.25) is 0 Å². The van der Waals surface area contributed by atoms with Gasteiger partial charge < -0.3 is 10.2 Å². The minimum Gasteiger partial charge on any atom is -0.350 e. The standard InChI is InChI=1S/C30H36BrN3O4S/c1-22-11-9-10-14-26(22)34(39(5,37)38)21-28(35)33(20-24-15-17-25(31)18-16-24)27(29(36)32-30(2,3)4)19-23-12-7-6-8-13-23/h6-18,27H,19-21H2,1-5H3,(H,32,36)/t27-/m0/s1. The number of amides is 2. The summed E-state index contributed by atoms with van der Waals surface area (Å²) in [4.78, 5) is 29.3. The van der Waals surface area contributed by atoms with Crippen LogP contribution < -0.4 is 9.62 Å². The van der Waals surface area contributed by atoms with Crippen LogP contribution in [0.25, 0.3) is 0 Å². The molecule has 0 aliphatic heterocycles. The molecule has 0 fully saturated rings. The summed E-state index contributed by atoms with van der Waals surface area (Å²) in [6, 6.07) is 23.1. The van der Waals surface area contributed by atoms with E-state index in [9.17, 15) is 18.0 Å². The number of nitrogens with one attached hydrogen (secondary N) is 1. The number of sulfonamides is 1. The minimum atomic E-state index is -3.80. The minimum absolute atomic E-state index is 0.131. The van der Waals surface area contributed by atoms with Gasteiger partial charge in [-0.3, -0.25) is 13.9 Å². The molecule has 0 saturated carbocycles. The number of carbonyl (C=O) groups is 2. The van der Waals surface area contributed by atoms with Gasteiger partial charge in [0.15, 0.2) is 0 Å². The van der Waals surface area contributed by atoms with Crippen LogP contribution in [0.15, 0.2) is 83.3 Å². The number of hydrogen-bond donors (Lipinski definition) is 1. The highest BCUT2D eigenvalue weighted by Crippen LogP contribution is 2.24. The van der Waals surface area contributed by atoms with E-state index in [1.807, 2.05) is 81.4 Å². The normalized spacial score (nSPS) is 12.5. The van der Waals surface area contributed by atoms with Gasteiger partial charge in [0, 0.05) is 23.0 Å². The first-order chi connectivity index (χ1) is 18.2. The molecule has 1 atom stereocenters. The average Bonchev–Trinajstić information content (AvgIpc) is 2.85. The van der Waals surface area contributed by atoms with E-state index < -0.39 is 34.1 Å². The predicted molar refractivity (Wildman–Crippen MR) is 160 cm³/mol. The third-order valence-corrected chi connectivity index (χ3v) is 7.75. The number of para-hydroxylation sites is 1. The van der Waals surface area contributed by atoms with Crippen molar-refractivity contribution in [3.63, 3.8) is 0 Å². The quantitative estimate of drug-likeness (QED) is 0.345. The molecule has 2 amide bonds. The first-order valence-electron chi connectivity index (χ1n) is 12.7. The van der Waals surface area contributed by atoms with Crippen LogP contribution >= 0.6 is 15.9 Å². The van der Waals surface area contributed by atoms with E-state index in [-0.39, 0.29) is 18.9 Å². The maximum atomic E-state index is 14.1. The van der Waals surface area contributed by atoms with Crippen molar-refractivity contribution >= 4 is 43.5 Å². The van der Waals surface area contributed by atoms with Crippen LogP contribution in [0.1, 0.15) is 37.5 Å². The summed E-state index contributed by atoms with van der Waals surface area (Å²) in [7, 11) is -3.80. The fourth-order valence-electron chi connectivity index (χ4n) is 4.23. The number of carbonyl (C=O) groups excluding carboxylic acids is 2. The van der Waals surface area contributed by atoms with Crippen molar-refractivity contribution in [1.82, 2.24) is 10.2 Å². The summed E-state index contributed by atoms with van der Waals surface area (Å²) < 4.78 is 27.8. The van der Waals surface area contributed by atoms with Gasteiger partial charge in [0.2, 0.25) is 21.8 Å². The van der Waals surface area contributed by atoms with Gasteiger partial charge in [-0.05, 0) is 62.6 Å². The molecule has 0 saturated heterocycles. The molecular weight excluding hydrogens is 578 g/mol. The van der Waals surface area contributed by atoms with Crippen LogP contribution in [0.4, 0.5) is 5.69 Å². The molecule has 0 bridgehead atoms. The van der Waals surface area contributed by atoms with Crippen molar-refractivity contribution in [2.45, 2.75) is 52.2 Å². The Morgan fingerprint density at radius 3 is 2.05 bits per heavy atom. The molecule has 0 aliphatic rings. The van der Waals surface area contributed by atoms with Crippen molar-refractivity contribution in [3.8, 4) is 0 Å². The molecule has 0 spiro atoms. The maximum Gasteiger partial charge on any atom is 0.244 e. The highest BCUT2D eigenvalue weighted by molar-refractivity contribution is 9.10. The number of hydrogen-bond acceptors (Lipinski definition) is 4. The van der Waals surface area contributed by atoms with E-state index in [0.717, 1.165) is 31.7 Å². The number of nitrogens with zero attached hydrogens (tertiary/aromatic N) is 2. The zero-order valence-electron chi connectivity index (χ0n) is 23.0. The topological polar surface area (TPSA) is 86.8 Å². The Balaban J connectivity index is 2.08. The summed E-state index contributed by atoms with van der Waals surface area (Å²) in [5.74, 6) is -0.782. The highest BCUT2D eigenvalue weighted by atomic mass is 79.9. The maximum absolute atomic E-state index is 14.1. The Morgan fingerprint density at radius 1 is 0.897 bits per heavy atom. The van der Waals surface area contributed by atoms with Crippen molar-refractivity contribution in [2.24, 2.45) is 0 Å². The highest BCUT2D eigenvalue weighted by Gasteiger charge is 2.34. The van der Waals surface area contributed by atoms with Crippen LogP contribution in [0.5, 0.6) is 0 Å². The molecule has 3 rings (SSSR count). The SMILES string of the molecule is Cc1ccccc1N(CC(=O)N(Cc1ccc(Br)cc1)[C@@H](Cc1ccccc1)C(=O)NC(C)(C)C)S(C)(=O)=O. The number of aryl methyl sites for hydroxylation is 1. The van der Waals surface area contributed by atoms with E-state index in [4.69, 9.17) is 0 Å². The summed E-state index contributed by atoms with van der Waals surface area (Å²) in [6.07, 6.45) is 1.35. The van der Waals surface area contributed by atoms with Gasteiger partial charge in [0.05, 0.1) is 11.9 Å². The molecule has 0 heterocycles. The third-order valence-electron chi connectivity index (χ3n) is 6.10. The second-order valence-electron chi connectivity index (χ2n) is 10.6. The number of anilines is 1. The van der Waals surface area contributed by atoms with Gasteiger partial charge in [-0.15, -0.1) is 0 Å². The molecule has 7 nitrogen and oxygen atoms in total. The second-order valence-corrected chi connectivity index (χ2v) is 13.5. The lowest BCUT2D eigenvalue weighted by atomic mass is 10.0. The Kier molecular flexibility index (Phi) is 9.96. The van der Waals surface area contributed by atoms with Crippen molar-refractivity contribution in [2.75, 3.05) is 17.1 Å². The van der Waals surface area contributed by atoms with Gasteiger partial charge in [0.25, 0.3) is 0 Å². The van der Waals surface area contributed by atoms with Crippen LogP contribution in [-0.4, -0.2) is 49.5 Å². The van der Waals surface area contributed by atoms with Gasteiger partial charge in [0.1, 0.15) is 12.6 Å². The van der Waals surface area contributed by atoms with Crippen molar-refractivity contribution < 1.29 is 18.0 Å². The Bertz CT molecular complexity index is 1390. The molecule has 0 aliphatic carbocycles. The Hall–Kier alpha value is -3.17. The number of halogens is 1. The van der Waals surface area contributed by atoms with Gasteiger partial charge in [-0.1, -0.05) is 76.6 Å². The molecule has 0 aromatic heterocycles. The molecular formula is C30H36BrN3O4S. The van der Waals surface area contributed by atoms with Gasteiger partial charge in [-0.25, -0.2) is 8.42 Å². The van der Waals surface area contributed by atoms with Crippen molar-refractivity contribution in [3.05, 3.63) is 100 Å². The molecule has 39 heavy (non-hydrogen) atoms. The summed E-state index contributed by atoms with van der Waals surface area (Å²) in [5.41, 5.74) is 2.32. The summed E-state index contributed by atoms with van der Waals surface area (Å²) in [6.45, 7) is 7.15.